The Bertz CT molecular complexity index is 702. The van der Waals surface area contributed by atoms with Crippen LogP contribution < -0.4 is 14.5 Å². The molecule has 0 saturated carbocycles. The number of hydrogen-bond acceptors (Lipinski definition) is 3. The van der Waals surface area contributed by atoms with E-state index >= 15 is 0 Å². The Morgan fingerprint density at radius 2 is 1.70 bits per heavy atom. The van der Waals surface area contributed by atoms with Gasteiger partial charge in [-0.2, -0.15) is 4.49 Å². The fraction of sp³-hybridized carbons (Fsp3) is 0.294. The van der Waals surface area contributed by atoms with E-state index in [2.05, 4.69) is 11.4 Å². The Labute approximate surface area is 139 Å². The number of ether oxygens (including phenoxy) is 1. The Morgan fingerprint density at radius 1 is 1.04 bits per heavy atom. The van der Waals surface area contributed by atoms with Gasteiger partial charge in [-0.05, 0) is 42.2 Å². The molecule has 0 amide bonds. The van der Waals surface area contributed by atoms with Crippen molar-refractivity contribution in [2.24, 2.45) is 0 Å². The van der Waals surface area contributed by atoms with E-state index in [0.29, 0.717) is 5.75 Å². The van der Waals surface area contributed by atoms with Crippen LogP contribution in [0.4, 0.5) is 0 Å². The molecule has 0 aliphatic carbocycles. The quantitative estimate of drug-likeness (QED) is 0.741. The standard InChI is InChI=1S/C17H22NO3PS/c1-3-4-14-22(16-8-6-5-7-9-16)18-23(19,20)17-12-10-15(21-2)11-13-17/h5-13,18H,3-4,14H2,1-2H3. The third-order valence-corrected chi connectivity index (χ3v) is 7.82. The van der Waals surface area contributed by atoms with Crippen molar-refractivity contribution in [3.63, 3.8) is 0 Å². The van der Waals surface area contributed by atoms with Gasteiger partial charge in [-0.3, -0.25) is 0 Å². The molecule has 0 radical (unpaired) electrons. The molecule has 4 nitrogen and oxygen atoms in total. The van der Waals surface area contributed by atoms with Crippen LogP contribution in [0, 0.1) is 0 Å². The molecule has 0 aliphatic heterocycles. The lowest BCUT2D eigenvalue weighted by Gasteiger charge is -2.19. The fourth-order valence-corrected chi connectivity index (χ4v) is 6.39. The van der Waals surface area contributed by atoms with Crippen molar-refractivity contribution in [2.75, 3.05) is 13.3 Å². The van der Waals surface area contributed by atoms with Crippen LogP contribution in [0.15, 0.2) is 59.5 Å². The van der Waals surface area contributed by atoms with Gasteiger partial charge in [-0.15, -0.1) is 0 Å². The molecule has 2 aromatic carbocycles. The van der Waals surface area contributed by atoms with Crippen molar-refractivity contribution in [2.45, 2.75) is 24.7 Å². The molecule has 23 heavy (non-hydrogen) atoms. The Kier molecular flexibility index (Phi) is 6.58. The van der Waals surface area contributed by atoms with E-state index in [0.717, 1.165) is 24.3 Å². The molecule has 2 rings (SSSR count). The maximum absolute atomic E-state index is 12.6. The molecular formula is C17H22NO3PS. The number of sulfonamides is 1. The van der Waals surface area contributed by atoms with Gasteiger partial charge in [0, 0.05) is 8.07 Å². The predicted molar refractivity (Wildman–Crippen MR) is 96.1 cm³/mol. The normalized spacial score (nSPS) is 12.8. The summed E-state index contributed by atoms with van der Waals surface area (Å²) in [6.07, 6.45) is 2.87. The summed E-state index contributed by atoms with van der Waals surface area (Å²) in [5.41, 5.74) is 0. The molecule has 1 unspecified atom stereocenters. The van der Waals surface area contributed by atoms with Crippen molar-refractivity contribution in [3.8, 4) is 5.75 Å². The minimum Gasteiger partial charge on any atom is -0.497 e. The second-order valence-electron chi connectivity index (χ2n) is 5.11. The first kappa shape index (κ1) is 17.9. The molecule has 0 bridgehead atoms. The van der Waals surface area contributed by atoms with Crippen molar-refractivity contribution >= 4 is 23.4 Å². The van der Waals surface area contributed by atoms with Crippen molar-refractivity contribution in [1.29, 1.82) is 0 Å². The van der Waals surface area contributed by atoms with E-state index < -0.39 is 18.1 Å². The van der Waals surface area contributed by atoms with Crippen LogP contribution in [0.5, 0.6) is 5.75 Å². The number of rotatable bonds is 8. The van der Waals surface area contributed by atoms with E-state index in [-0.39, 0.29) is 4.90 Å². The van der Waals surface area contributed by atoms with Crippen LogP contribution in [0.3, 0.4) is 0 Å². The molecule has 0 heterocycles. The SMILES string of the molecule is CCCCP(NS(=O)(=O)c1ccc(OC)cc1)c1ccccc1. The van der Waals surface area contributed by atoms with Crippen molar-refractivity contribution in [3.05, 3.63) is 54.6 Å². The van der Waals surface area contributed by atoms with Gasteiger partial charge in [-0.25, -0.2) is 8.42 Å². The zero-order valence-electron chi connectivity index (χ0n) is 13.4. The first-order valence-corrected chi connectivity index (χ1v) is 10.6. The van der Waals surface area contributed by atoms with Gasteiger partial charge in [0.2, 0.25) is 10.0 Å². The fourth-order valence-electron chi connectivity index (χ4n) is 2.10. The number of hydrogen-bond donors (Lipinski definition) is 1. The van der Waals surface area contributed by atoms with Gasteiger partial charge in [0.15, 0.2) is 0 Å². The zero-order chi connectivity index (χ0) is 16.7. The second-order valence-corrected chi connectivity index (χ2v) is 9.14. The number of nitrogens with one attached hydrogen (secondary N) is 1. The second kappa shape index (κ2) is 8.44. The molecule has 0 saturated heterocycles. The highest BCUT2D eigenvalue weighted by Gasteiger charge is 2.21. The van der Waals surface area contributed by atoms with Gasteiger partial charge >= 0.3 is 0 Å². The summed E-state index contributed by atoms with van der Waals surface area (Å²) < 4.78 is 33.3. The molecule has 1 N–H and O–H groups in total. The van der Waals surface area contributed by atoms with Crippen LogP contribution in [-0.2, 0) is 10.0 Å². The minimum atomic E-state index is -3.54. The summed E-state index contributed by atoms with van der Waals surface area (Å²) >= 11 is 0. The molecule has 2 aromatic rings. The Hall–Kier alpha value is -1.42. The lowest BCUT2D eigenvalue weighted by molar-refractivity contribution is 0.414. The maximum Gasteiger partial charge on any atom is 0.244 e. The zero-order valence-corrected chi connectivity index (χ0v) is 15.1. The highest BCUT2D eigenvalue weighted by atomic mass is 32.2. The first-order chi connectivity index (χ1) is 11.1. The molecule has 0 spiro atoms. The van der Waals surface area contributed by atoms with Gasteiger partial charge in [0.25, 0.3) is 0 Å². The van der Waals surface area contributed by atoms with E-state index in [1.165, 1.54) is 0 Å². The van der Waals surface area contributed by atoms with Gasteiger partial charge < -0.3 is 4.74 Å². The molecule has 0 aliphatic rings. The topological polar surface area (TPSA) is 55.4 Å². The number of unbranched alkanes of at least 4 members (excludes halogenated alkanes) is 1. The van der Waals surface area contributed by atoms with Crippen LogP contribution >= 0.6 is 8.07 Å². The van der Waals surface area contributed by atoms with Gasteiger partial charge in [-0.1, -0.05) is 43.7 Å². The van der Waals surface area contributed by atoms with Crippen LogP contribution in [0.1, 0.15) is 19.8 Å². The monoisotopic (exact) mass is 351 g/mol. The van der Waals surface area contributed by atoms with E-state index in [1.54, 1.807) is 31.4 Å². The summed E-state index contributed by atoms with van der Waals surface area (Å²) in [5, 5.41) is 1.05. The molecule has 124 valence electrons. The molecule has 0 aromatic heterocycles. The highest BCUT2D eigenvalue weighted by Crippen LogP contribution is 2.33. The van der Waals surface area contributed by atoms with Crippen LogP contribution in [0.2, 0.25) is 0 Å². The van der Waals surface area contributed by atoms with Crippen LogP contribution in [-0.4, -0.2) is 21.7 Å². The maximum atomic E-state index is 12.6. The number of methoxy groups -OCH3 is 1. The Balaban J connectivity index is 2.22. The largest absolute Gasteiger partial charge is 0.497 e. The van der Waals surface area contributed by atoms with Crippen molar-refractivity contribution < 1.29 is 13.2 Å². The summed E-state index contributed by atoms with van der Waals surface area (Å²) in [4.78, 5) is 0.262. The van der Waals surface area contributed by atoms with E-state index in [1.807, 2.05) is 30.3 Å². The average Bonchev–Trinajstić information content (AvgIpc) is 2.59. The first-order valence-electron chi connectivity index (χ1n) is 7.56. The van der Waals surface area contributed by atoms with Gasteiger partial charge in [0.1, 0.15) is 5.75 Å². The number of benzene rings is 2. The van der Waals surface area contributed by atoms with E-state index in [9.17, 15) is 8.42 Å². The third-order valence-electron chi connectivity index (χ3n) is 3.40. The van der Waals surface area contributed by atoms with Crippen molar-refractivity contribution in [1.82, 2.24) is 4.49 Å². The van der Waals surface area contributed by atoms with Gasteiger partial charge in [0.05, 0.1) is 12.0 Å². The summed E-state index contributed by atoms with van der Waals surface area (Å²) in [5.74, 6) is 0.639. The molecular weight excluding hydrogens is 329 g/mol. The summed E-state index contributed by atoms with van der Waals surface area (Å²) in [6, 6.07) is 16.2. The lowest BCUT2D eigenvalue weighted by Crippen LogP contribution is -2.24. The third kappa shape index (κ3) is 5.03. The molecule has 6 heteroatoms. The summed E-state index contributed by atoms with van der Waals surface area (Å²) in [7, 11) is -2.94. The summed E-state index contributed by atoms with van der Waals surface area (Å²) in [6.45, 7) is 2.11. The molecule has 0 fully saturated rings. The average molecular weight is 351 g/mol. The smallest absolute Gasteiger partial charge is 0.244 e. The minimum absolute atomic E-state index is 0.262. The van der Waals surface area contributed by atoms with E-state index in [4.69, 9.17) is 4.74 Å². The van der Waals surface area contributed by atoms with Crippen LogP contribution in [0.25, 0.3) is 0 Å². The Morgan fingerprint density at radius 3 is 2.26 bits per heavy atom. The predicted octanol–water partition coefficient (Wildman–Crippen LogP) is 3.50. The lowest BCUT2D eigenvalue weighted by atomic mass is 10.3. The molecule has 1 atom stereocenters. The highest BCUT2D eigenvalue weighted by molar-refractivity contribution is 7.96.